The Labute approximate surface area is 210 Å². The van der Waals surface area contributed by atoms with E-state index in [1.807, 2.05) is 0 Å². The molecule has 0 bridgehead atoms. The molecular formula is C29H33F3N2O2. The molecule has 0 aliphatic rings. The first-order chi connectivity index (χ1) is 17.2. The van der Waals surface area contributed by atoms with Crippen molar-refractivity contribution in [1.82, 2.24) is 10.4 Å². The Bertz CT molecular complexity index is 1060. The van der Waals surface area contributed by atoms with Gasteiger partial charge >= 0.3 is 0 Å². The van der Waals surface area contributed by atoms with E-state index in [1.54, 1.807) is 55.7 Å². The Balaban J connectivity index is 1.61. The second-order valence-electron chi connectivity index (χ2n) is 9.38. The van der Waals surface area contributed by atoms with Crippen LogP contribution >= 0.6 is 0 Å². The zero-order valence-corrected chi connectivity index (χ0v) is 20.7. The van der Waals surface area contributed by atoms with E-state index in [2.05, 4.69) is 4.90 Å². The molecule has 1 amide bonds. The molecule has 7 heteroatoms. The third-order valence-corrected chi connectivity index (χ3v) is 6.38. The van der Waals surface area contributed by atoms with Gasteiger partial charge in [0.2, 0.25) is 5.91 Å². The minimum atomic E-state index is -0.455. The summed E-state index contributed by atoms with van der Waals surface area (Å²) in [5.41, 5.74) is 5.63. The van der Waals surface area contributed by atoms with Crippen LogP contribution in [0.15, 0.2) is 60.7 Å². The highest BCUT2D eigenvalue weighted by atomic mass is 19.1. The molecule has 0 saturated carbocycles. The van der Waals surface area contributed by atoms with Gasteiger partial charge in [-0.25, -0.2) is 18.7 Å². The summed E-state index contributed by atoms with van der Waals surface area (Å²) in [4.78, 5) is 14.5. The first kappa shape index (κ1) is 27.4. The van der Waals surface area contributed by atoms with E-state index in [0.717, 1.165) is 36.1 Å². The molecule has 0 unspecified atom stereocenters. The molecule has 1 atom stereocenters. The highest BCUT2D eigenvalue weighted by Gasteiger charge is 2.19. The zero-order valence-electron chi connectivity index (χ0n) is 20.7. The van der Waals surface area contributed by atoms with Gasteiger partial charge in [0.05, 0.1) is 0 Å². The van der Waals surface area contributed by atoms with E-state index in [0.29, 0.717) is 37.1 Å². The Morgan fingerprint density at radius 2 is 1.33 bits per heavy atom. The molecule has 0 aromatic heterocycles. The summed E-state index contributed by atoms with van der Waals surface area (Å²) in [6.07, 6.45) is 2.49. The SMILES string of the molecule is Cc1cc(C[C@H](CCCCN(Cc2ccc(F)cc2)Cc2ccc(F)cc2)C(=O)NO)cc(C)c1F. The molecule has 3 aromatic carbocycles. The summed E-state index contributed by atoms with van der Waals surface area (Å²) in [6.45, 7) is 5.32. The molecular weight excluding hydrogens is 465 g/mol. The maximum atomic E-state index is 14.0. The number of hydroxylamine groups is 1. The van der Waals surface area contributed by atoms with Gasteiger partial charge in [-0.05, 0) is 91.7 Å². The summed E-state index contributed by atoms with van der Waals surface area (Å²) in [6, 6.07) is 16.2. The average Bonchev–Trinajstić information content (AvgIpc) is 2.86. The van der Waals surface area contributed by atoms with E-state index in [1.165, 1.54) is 24.3 Å². The monoisotopic (exact) mass is 498 g/mol. The lowest BCUT2D eigenvalue weighted by atomic mass is 9.91. The number of hydrogen-bond donors (Lipinski definition) is 2. The molecule has 0 fully saturated rings. The topological polar surface area (TPSA) is 52.6 Å². The Morgan fingerprint density at radius 1 is 0.833 bits per heavy atom. The van der Waals surface area contributed by atoms with Crippen molar-refractivity contribution >= 4 is 5.91 Å². The Kier molecular flexibility index (Phi) is 10.1. The van der Waals surface area contributed by atoms with Crippen LogP contribution in [0.25, 0.3) is 0 Å². The maximum Gasteiger partial charge on any atom is 0.246 e. The van der Waals surface area contributed by atoms with E-state index < -0.39 is 11.8 Å². The van der Waals surface area contributed by atoms with Crippen molar-refractivity contribution < 1.29 is 23.2 Å². The van der Waals surface area contributed by atoms with E-state index in [-0.39, 0.29) is 17.5 Å². The molecule has 0 spiro atoms. The number of carbonyl (C=O) groups is 1. The fourth-order valence-electron chi connectivity index (χ4n) is 4.49. The molecule has 36 heavy (non-hydrogen) atoms. The van der Waals surface area contributed by atoms with Gasteiger partial charge in [0.1, 0.15) is 17.5 Å². The van der Waals surface area contributed by atoms with Crippen molar-refractivity contribution in [2.45, 2.75) is 52.6 Å². The lowest BCUT2D eigenvalue weighted by molar-refractivity contribution is -0.133. The fraction of sp³-hybridized carbons (Fsp3) is 0.345. The molecule has 2 N–H and O–H groups in total. The van der Waals surface area contributed by atoms with Gasteiger partial charge in [-0.2, -0.15) is 0 Å². The van der Waals surface area contributed by atoms with Crippen molar-refractivity contribution in [2.24, 2.45) is 5.92 Å². The fourth-order valence-corrected chi connectivity index (χ4v) is 4.49. The second-order valence-corrected chi connectivity index (χ2v) is 9.38. The maximum absolute atomic E-state index is 14.0. The number of halogens is 3. The van der Waals surface area contributed by atoms with Crippen molar-refractivity contribution in [2.75, 3.05) is 6.54 Å². The molecule has 0 aliphatic heterocycles. The number of aryl methyl sites for hydroxylation is 2. The summed E-state index contributed by atoms with van der Waals surface area (Å²) < 4.78 is 40.6. The molecule has 0 heterocycles. The van der Waals surface area contributed by atoms with Gasteiger partial charge in [0.15, 0.2) is 0 Å². The molecule has 4 nitrogen and oxygen atoms in total. The van der Waals surface area contributed by atoms with Gasteiger partial charge in [-0.3, -0.25) is 14.9 Å². The van der Waals surface area contributed by atoms with Crippen LogP contribution < -0.4 is 5.48 Å². The summed E-state index contributed by atoms with van der Waals surface area (Å²) in [7, 11) is 0. The van der Waals surface area contributed by atoms with Gasteiger partial charge in [-0.15, -0.1) is 0 Å². The van der Waals surface area contributed by atoms with Crippen molar-refractivity contribution in [1.29, 1.82) is 0 Å². The molecule has 0 saturated heterocycles. The number of nitrogens with zero attached hydrogens (tertiary/aromatic N) is 1. The standard InChI is InChI=1S/C29H33F3N2O2/c1-20-15-24(16-21(2)28(20)32)17-25(29(35)33-36)5-3-4-14-34(18-22-6-10-26(30)11-7-22)19-23-8-12-27(31)13-9-23/h6-13,15-16,25,36H,3-5,14,17-19H2,1-2H3,(H,33,35)/t25-/m0/s1. The van der Waals surface area contributed by atoms with Gasteiger partial charge in [0.25, 0.3) is 0 Å². The summed E-state index contributed by atoms with van der Waals surface area (Å²) in [5.74, 6) is -1.72. The molecule has 0 radical (unpaired) electrons. The predicted molar refractivity (Wildman–Crippen MR) is 134 cm³/mol. The number of rotatable bonds is 12. The minimum absolute atomic E-state index is 0.246. The Morgan fingerprint density at radius 3 is 1.81 bits per heavy atom. The minimum Gasteiger partial charge on any atom is -0.295 e. The number of benzene rings is 3. The number of carbonyl (C=O) groups excluding carboxylic acids is 1. The highest BCUT2D eigenvalue weighted by Crippen LogP contribution is 2.21. The first-order valence-electron chi connectivity index (χ1n) is 12.2. The second kappa shape index (κ2) is 13.2. The van der Waals surface area contributed by atoms with Gasteiger partial charge in [0, 0.05) is 19.0 Å². The number of unbranched alkanes of at least 4 members (excludes halogenated alkanes) is 1. The van der Waals surface area contributed by atoms with Crippen LogP contribution in [-0.2, 0) is 24.3 Å². The first-order valence-corrected chi connectivity index (χ1v) is 12.2. The zero-order chi connectivity index (χ0) is 26.1. The number of nitrogens with one attached hydrogen (secondary N) is 1. The van der Waals surface area contributed by atoms with Crippen molar-refractivity contribution in [3.63, 3.8) is 0 Å². The molecule has 192 valence electrons. The molecule has 3 aromatic rings. The normalized spacial score (nSPS) is 12.1. The van der Waals surface area contributed by atoms with Gasteiger partial charge in [-0.1, -0.05) is 42.8 Å². The predicted octanol–water partition coefficient (Wildman–Crippen LogP) is 6.26. The third-order valence-electron chi connectivity index (χ3n) is 6.38. The average molecular weight is 499 g/mol. The lowest BCUT2D eigenvalue weighted by Gasteiger charge is -2.23. The summed E-state index contributed by atoms with van der Waals surface area (Å²) >= 11 is 0. The van der Waals surface area contributed by atoms with Crippen LogP contribution in [-0.4, -0.2) is 22.6 Å². The highest BCUT2D eigenvalue weighted by molar-refractivity contribution is 5.77. The Hall–Kier alpha value is -3.16. The van der Waals surface area contributed by atoms with Crippen LogP contribution in [0.2, 0.25) is 0 Å². The third kappa shape index (κ3) is 8.21. The molecule has 3 rings (SSSR count). The van der Waals surface area contributed by atoms with Crippen LogP contribution in [0.5, 0.6) is 0 Å². The van der Waals surface area contributed by atoms with E-state index >= 15 is 0 Å². The smallest absolute Gasteiger partial charge is 0.246 e. The largest absolute Gasteiger partial charge is 0.295 e. The lowest BCUT2D eigenvalue weighted by Crippen LogP contribution is -2.30. The van der Waals surface area contributed by atoms with Crippen LogP contribution in [0.4, 0.5) is 13.2 Å². The quantitative estimate of drug-likeness (QED) is 0.176. The van der Waals surface area contributed by atoms with E-state index in [9.17, 15) is 23.2 Å². The van der Waals surface area contributed by atoms with Crippen LogP contribution in [0, 0.1) is 37.2 Å². The molecule has 0 aliphatic carbocycles. The van der Waals surface area contributed by atoms with Gasteiger partial charge < -0.3 is 0 Å². The van der Waals surface area contributed by atoms with E-state index in [4.69, 9.17) is 0 Å². The number of hydrogen-bond acceptors (Lipinski definition) is 3. The van der Waals surface area contributed by atoms with Crippen molar-refractivity contribution in [3.05, 3.63) is 106 Å². The van der Waals surface area contributed by atoms with Crippen molar-refractivity contribution in [3.8, 4) is 0 Å². The number of amides is 1. The van der Waals surface area contributed by atoms with Crippen LogP contribution in [0.3, 0.4) is 0 Å². The van der Waals surface area contributed by atoms with Crippen LogP contribution in [0.1, 0.15) is 47.1 Å². The summed E-state index contributed by atoms with van der Waals surface area (Å²) in [5, 5.41) is 9.23.